The summed E-state index contributed by atoms with van der Waals surface area (Å²) in [5.74, 6) is 1.97. The number of hydrogen-bond acceptors (Lipinski definition) is 7. The van der Waals surface area contributed by atoms with Crippen LogP contribution in [0.2, 0.25) is 0 Å². The molecule has 1 aliphatic carbocycles. The molecule has 1 fully saturated rings. The molecule has 2 heterocycles. The van der Waals surface area contributed by atoms with Gasteiger partial charge in [0.25, 0.3) is 5.56 Å². The van der Waals surface area contributed by atoms with Crippen LogP contribution in [0.25, 0.3) is 10.3 Å². The van der Waals surface area contributed by atoms with Gasteiger partial charge in [-0.3, -0.25) is 9.36 Å². The van der Waals surface area contributed by atoms with Gasteiger partial charge < -0.3 is 14.2 Å². The van der Waals surface area contributed by atoms with Crippen LogP contribution in [0.4, 0.5) is 0 Å². The number of aromatic nitrogens is 3. The molecule has 0 spiro atoms. The van der Waals surface area contributed by atoms with E-state index >= 15 is 0 Å². The van der Waals surface area contributed by atoms with Crippen molar-refractivity contribution < 1.29 is 14.2 Å². The molecule has 3 aromatic rings. The average molecular weight is 452 g/mol. The predicted octanol–water partition coefficient (Wildman–Crippen LogP) is 3.32. The second-order valence-electron chi connectivity index (χ2n) is 6.32. The number of rotatable bonds is 6. The second kappa shape index (κ2) is 6.88. The first kappa shape index (κ1) is 18.4. The molecule has 0 atom stereocenters. The van der Waals surface area contributed by atoms with Crippen molar-refractivity contribution >= 4 is 37.6 Å². The van der Waals surface area contributed by atoms with Crippen LogP contribution in [0.15, 0.2) is 26.9 Å². The standard InChI is InChI=1S/C18H18BrN3O4S/c1-24-11-5-4-10(12(8-11)25-2)9-22-15(23)13-14(27-17(19)20-13)21-16(22)18(26-3)6-7-18/h4-5,8H,6-7,9H2,1-3H3. The third kappa shape index (κ3) is 3.13. The molecule has 0 N–H and O–H groups in total. The molecule has 9 heteroatoms. The van der Waals surface area contributed by atoms with E-state index in [-0.39, 0.29) is 5.56 Å². The Balaban J connectivity index is 1.89. The van der Waals surface area contributed by atoms with Crippen molar-refractivity contribution in [2.45, 2.75) is 25.0 Å². The van der Waals surface area contributed by atoms with E-state index in [9.17, 15) is 4.79 Å². The zero-order chi connectivity index (χ0) is 19.2. The van der Waals surface area contributed by atoms with Gasteiger partial charge in [0.05, 0.1) is 20.8 Å². The van der Waals surface area contributed by atoms with E-state index in [4.69, 9.17) is 19.2 Å². The molecule has 0 bridgehead atoms. The number of halogens is 1. The van der Waals surface area contributed by atoms with Gasteiger partial charge in [0.1, 0.15) is 22.9 Å². The number of thiazole rings is 1. The smallest absolute Gasteiger partial charge is 0.281 e. The lowest BCUT2D eigenvalue weighted by molar-refractivity contribution is 0.0672. The number of hydrogen-bond donors (Lipinski definition) is 0. The molecule has 4 rings (SSSR count). The Morgan fingerprint density at radius 3 is 2.63 bits per heavy atom. The summed E-state index contributed by atoms with van der Waals surface area (Å²) in [5, 5.41) is 0. The largest absolute Gasteiger partial charge is 0.497 e. The molecule has 0 saturated heterocycles. The van der Waals surface area contributed by atoms with Crippen LogP contribution < -0.4 is 15.0 Å². The SMILES string of the molecule is COc1ccc(Cn2c(C3(OC)CC3)nc3sc(Br)nc3c2=O)c(OC)c1. The van der Waals surface area contributed by atoms with Gasteiger partial charge in [-0.2, -0.15) is 0 Å². The minimum absolute atomic E-state index is 0.182. The van der Waals surface area contributed by atoms with Crippen LogP contribution in [0.1, 0.15) is 24.2 Å². The molecule has 1 aliphatic rings. The fourth-order valence-corrected chi connectivity index (χ4v) is 4.46. The Morgan fingerprint density at radius 1 is 1.22 bits per heavy atom. The maximum Gasteiger partial charge on any atom is 0.281 e. The van der Waals surface area contributed by atoms with Gasteiger partial charge in [-0.15, -0.1) is 0 Å². The Hall–Kier alpha value is -1.97. The molecule has 1 aromatic carbocycles. The maximum absolute atomic E-state index is 13.2. The third-order valence-electron chi connectivity index (χ3n) is 4.82. The fraction of sp³-hybridized carbons (Fsp3) is 0.389. The Morgan fingerprint density at radius 2 is 2.00 bits per heavy atom. The first-order valence-electron chi connectivity index (χ1n) is 8.35. The van der Waals surface area contributed by atoms with Crippen molar-refractivity contribution in [3.8, 4) is 11.5 Å². The lowest BCUT2D eigenvalue weighted by Gasteiger charge is -2.19. The summed E-state index contributed by atoms with van der Waals surface area (Å²) >= 11 is 4.70. The van der Waals surface area contributed by atoms with Crippen molar-refractivity contribution in [3.05, 3.63) is 43.9 Å². The van der Waals surface area contributed by atoms with Crippen LogP contribution >= 0.6 is 27.3 Å². The van der Waals surface area contributed by atoms with Gasteiger partial charge in [-0.1, -0.05) is 11.3 Å². The molecule has 142 valence electrons. The third-order valence-corrected chi connectivity index (χ3v) is 6.22. The summed E-state index contributed by atoms with van der Waals surface area (Å²) in [6, 6.07) is 5.53. The van der Waals surface area contributed by atoms with Gasteiger partial charge in [-0.05, 0) is 40.9 Å². The van der Waals surface area contributed by atoms with Crippen molar-refractivity contribution in [2.24, 2.45) is 0 Å². The maximum atomic E-state index is 13.2. The van der Waals surface area contributed by atoms with E-state index < -0.39 is 5.60 Å². The summed E-state index contributed by atoms with van der Waals surface area (Å²) in [6.07, 6.45) is 1.67. The number of benzene rings is 1. The summed E-state index contributed by atoms with van der Waals surface area (Å²) in [5.41, 5.74) is 0.515. The normalized spacial score (nSPS) is 15.1. The predicted molar refractivity (Wildman–Crippen MR) is 106 cm³/mol. The zero-order valence-corrected chi connectivity index (χ0v) is 17.5. The highest BCUT2D eigenvalue weighted by Gasteiger charge is 2.49. The number of ether oxygens (including phenoxy) is 3. The van der Waals surface area contributed by atoms with E-state index in [1.807, 2.05) is 12.1 Å². The van der Waals surface area contributed by atoms with E-state index in [2.05, 4.69) is 20.9 Å². The minimum Gasteiger partial charge on any atom is -0.497 e. The molecule has 0 radical (unpaired) electrons. The van der Waals surface area contributed by atoms with Gasteiger partial charge in [0.2, 0.25) is 0 Å². The Kier molecular flexibility index (Phi) is 4.69. The molecule has 27 heavy (non-hydrogen) atoms. The van der Waals surface area contributed by atoms with Crippen LogP contribution in [-0.4, -0.2) is 35.9 Å². The van der Waals surface area contributed by atoms with Crippen LogP contribution in [0.3, 0.4) is 0 Å². The zero-order valence-electron chi connectivity index (χ0n) is 15.1. The number of nitrogens with zero attached hydrogens (tertiary/aromatic N) is 3. The number of fused-ring (bicyclic) bond motifs is 1. The van der Waals surface area contributed by atoms with E-state index in [0.29, 0.717) is 38.1 Å². The highest BCUT2D eigenvalue weighted by atomic mass is 79.9. The molecule has 0 amide bonds. The fourth-order valence-electron chi connectivity index (χ4n) is 3.16. The summed E-state index contributed by atoms with van der Waals surface area (Å²) in [7, 11) is 4.85. The molecule has 0 unspecified atom stereocenters. The topological polar surface area (TPSA) is 75.5 Å². The molecule has 1 saturated carbocycles. The molecular formula is C18H18BrN3O4S. The monoisotopic (exact) mass is 451 g/mol. The van der Waals surface area contributed by atoms with Crippen molar-refractivity contribution in [1.29, 1.82) is 0 Å². The van der Waals surface area contributed by atoms with Crippen LogP contribution in [0.5, 0.6) is 11.5 Å². The van der Waals surface area contributed by atoms with Gasteiger partial charge in [0.15, 0.2) is 14.3 Å². The van der Waals surface area contributed by atoms with Crippen molar-refractivity contribution in [2.75, 3.05) is 21.3 Å². The van der Waals surface area contributed by atoms with E-state index in [1.165, 1.54) is 11.3 Å². The number of methoxy groups -OCH3 is 3. The lowest BCUT2D eigenvalue weighted by Crippen LogP contribution is -2.31. The van der Waals surface area contributed by atoms with Gasteiger partial charge >= 0.3 is 0 Å². The minimum atomic E-state index is -0.510. The van der Waals surface area contributed by atoms with Gasteiger partial charge in [-0.25, -0.2) is 9.97 Å². The summed E-state index contributed by atoms with van der Waals surface area (Å²) in [4.78, 5) is 22.9. The Labute approximate surface area is 168 Å². The van der Waals surface area contributed by atoms with Crippen molar-refractivity contribution in [1.82, 2.24) is 14.5 Å². The van der Waals surface area contributed by atoms with E-state index in [0.717, 1.165) is 18.4 Å². The van der Waals surface area contributed by atoms with Crippen LogP contribution in [0, 0.1) is 0 Å². The quantitative estimate of drug-likeness (QED) is 0.572. The van der Waals surface area contributed by atoms with Crippen molar-refractivity contribution in [3.63, 3.8) is 0 Å². The molecule has 0 aliphatic heterocycles. The molecular weight excluding hydrogens is 434 g/mol. The van der Waals surface area contributed by atoms with Crippen LogP contribution in [-0.2, 0) is 16.9 Å². The molecule has 2 aromatic heterocycles. The highest BCUT2D eigenvalue weighted by Crippen LogP contribution is 2.48. The van der Waals surface area contributed by atoms with Gasteiger partial charge in [0, 0.05) is 18.7 Å². The summed E-state index contributed by atoms with van der Waals surface area (Å²) in [6.45, 7) is 0.310. The summed E-state index contributed by atoms with van der Waals surface area (Å²) < 4.78 is 18.7. The highest BCUT2D eigenvalue weighted by molar-refractivity contribution is 9.11. The lowest BCUT2D eigenvalue weighted by atomic mass is 10.1. The second-order valence-corrected chi connectivity index (χ2v) is 8.58. The van der Waals surface area contributed by atoms with E-state index in [1.54, 1.807) is 32.0 Å². The average Bonchev–Trinajstić information content (AvgIpc) is 3.39. The first-order chi connectivity index (χ1) is 13.0. The Bertz CT molecular complexity index is 1070. The first-order valence-corrected chi connectivity index (χ1v) is 9.95. The molecule has 7 nitrogen and oxygen atoms in total.